The van der Waals surface area contributed by atoms with Crippen LogP contribution in [0.5, 0.6) is 11.5 Å². The summed E-state index contributed by atoms with van der Waals surface area (Å²) in [6.45, 7) is 0. The summed E-state index contributed by atoms with van der Waals surface area (Å²) >= 11 is 15.3. The third kappa shape index (κ3) is 4.41. The highest BCUT2D eigenvalue weighted by Crippen LogP contribution is 2.37. The van der Waals surface area contributed by atoms with E-state index in [0.29, 0.717) is 15.2 Å². The van der Waals surface area contributed by atoms with Crippen LogP contribution in [0.15, 0.2) is 28.7 Å². The molecule has 0 saturated heterocycles. The van der Waals surface area contributed by atoms with Crippen LogP contribution in [0, 0.1) is 0 Å². The van der Waals surface area contributed by atoms with E-state index in [2.05, 4.69) is 26.0 Å². The zero-order valence-corrected chi connectivity index (χ0v) is 16.6. The Labute approximate surface area is 167 Å². The summed E-state index contributed by atoms with van der Waals surface area (Å²) in [6, 6.07) is 5.96. The number of carbonyl (C=O) groups excluding carboxylic acids is 2. The smallest absolute Gasteiger partial charge is 0.341 e. The zero-order valence-electron chi connectivity index (χ0n) is 13.5. The monoisotopic (exact) mass is 461 g/mol. The summed E-state index contributed by atoms with van der Waals surface area (Å²) in [6.07, 6.45) is -0.0686. The summed E-state index contributed by atoms with van der Waals surface area (Å²) < 4.78 is 5.16. The van der Waals surface area contributed by atoms with Crippen LogP contribution in [0.4, 0.5) is 5.69 Å². The molecule has 9 heteroatoms. The number of phenols is 2. The molecule has 2 rings (SSSR count). The fourth-order valence-electron chi connectivity index (χ4n) is 2.30. The lowest BCUT2D eigenvalue weighted by atomic mass is 10.0. The second kappa shape index (κ2) is 8.62. The lowest BCUT2D eigenvalue weighted by molar-refractivity contribution is -0.116. The molecule has 2 aromatic rings. The van der Waals surface area contributed by atoms with Crippen LogP contribution in [0.25, 0.3) is 0 Å². The molecule has 0 aliphatic heterocycles. The Bertz CT molecular complexity index is 873. The van der Waals surface area contributed by atoms with Crippen molar-refractivity contribution < 1.29 is 24.5 Å². The molecule has 0 fully saturated rings. The zero-order chi connectivity index (χ0) is 19.4. The van der Waals surface area contributed by atoms with Crippen molar-refractivity contribution in [2.75, 3.05) is 12.4 Å². The lowest BCUT2D eigenvalue weighted by Gasteiger charge is -2.13. The number of esters is 1. The Morgan fingerprint density at radius 1 is 1.23 bits per heavy atom. The van der Waals surface area contributed by atoms with Gasteiger partial charge in [-0.05, 0) is 40.0 Å². The first-order valence-electron chi connectivity index (χ1n) is 7.31. The lowest BCUT2D eigenvalue weighted by Crippen LogP contribution is -2.14. The molecule has 6 nitrogen and oxygen atoms in total. The number of anilines is 1. The average molecular weight is 463 g/mol. The predicted molar refractivity (Wildman–Crippen MR) is 102 cm³/mol. The summed E-state index contributed by atoms with van der Waals surface area (Å²) in [5.74, 6) is -2.07. The van der Waals surface area contributed by atoms with Crippen molar-refractivity contribution in [1.29, 1.82) is 0 Å². The fraction of sp³-hybridized carbons (Fsp3) is 0.176. The third-order valence-electron chi connectivity index (χ3n) is 3.54. The Kier molecular flexibility index (Phi) is 6.75. The number of ether oxygens (including phenoxy) is 1. The number of nitrogens with one attached hydrogen (secondary N) is 1. The molecular formula is C17H14BrCl2NO5. The van der Waals surface area contributed by atoms with E-state index in [9.17, 15) is 19.8 Å². The molecule has 0 atom stereocenters. The number of hydrogen-bond acceptors (Lipinski definition) is 5. The van der Waals surface area contributed by atoms with Crippen molar-refractivity contribution >= 4 is 56.7 Å². The molecule has 1 amide bonds. The van der Waals surface area contributed by atoms with E-state index in [1.165, 1.54) is 0 Å². The number of aromatic hydroxyl groups is 2. The van der Waals surface area contributed by atoms with Crippen LogP contribution >= 0.6 is 39.1 Å². The summed E-state index contributed by atoms with van der Waals surface area (Å²) in [5.41, 5.74) is 0.420. The molecule has 138 valence electrons. The summed E-state index contributed by atoms with van der Waals surface area (Å²) in [4.78, 5) is 24.1. The van der Waals surface area contributed by atoms with E-state index >= 15 is 0 Å². The molecule has 0 spiro atoms. The molecule has 0 unspecified atom stereocenters. The van der Waals surface area contributed by atoms with Crippen molar-refractivity contribution in [3.63, 3.8) is 0 Å². The van der Waals surface area contributed by atoms with E-state index in [0.717, 1.165) is 13.2 Å². The van der Waals surface area contributed by atoms with Gasteiger partial charge in [0.15, 0.2) is 0 Å². The van der Waals surface area contributed by atoms with Crippen molar-refractivity contribution in [3.8, 4) is 11.5 Å². The van der Waals surface area contributed by atoms with Crippen molar-refractivity contribution in [2.24, 2.45) is 0 Å². The molecule has 0 heterocycles. The van der Waals surface area contributed by atoms with Gasteiger partial charge in [0.1, 0.15) is 17.1 Å². The first-order chi connectivity index (χ1) is 12.3. The van der Waals surface area contributed by atoms with Crippen molar-refractivity contribution in [1.82, 2.24) is 0 Å². The van der Waals surface area contributed by atoms with Crippen LogP contribution in [-0.4, -0.2) is 29.2 Å². The van der Waals surface area contributed by atoms with Gasteiger partial charge < -0.3 is 20.3 Å². The SMILES string of the molecule is COC(=O)c1c(O)cc(O)c(Cl)c1CCC(=O)Nc1cccc(Cl)c1Br. The van der Waals surface area contributed by atoms with Crippen LogP contribution in [0.1, 0.15) is 22.3 Å². The maximum Gasteiger partial charge on any atom is 0.341 e. The number of phenolic OH excluding ortho intramolecular Hbond substituents is 2. The van der Waals surface area contributed by atoms with Gasteiger partial charge in [0.25, 0.3) is 0 Å². The van der Waals surface area contributed by atoms with Gasteiger partial charge in [0.2, 0.25) is 5.91 Å². The van der Waals surface area contributed by atoms with E-state index in [1.54, 1.807) is 18.2 Å². The molecule has 26 heavy (non-hydrogen) atoms. The molecule has 0 aliphatic rings. The Balaban J connectivity index is 2.22. The van der Waals surface area contributed by atoms with Gasteiger partial charge >= 0.3 is 5.97 Å². The molecule has 0 saturated carbocycles. The minimum Gasteiger partial charge on any atom is -0.507 e. The van der Waals surface area contributed by atoms with Gasteiger partial charge in [-0.15, -0.1) is 0 Å². The Morgan fingerprint density at radius 2 is 1.92 bits per heavy atom. The van der Waals surface area contributed by atoms with Crippen LogP contribution < -0.4 is 5.32 Å². The topological polar surface area (TPSA) is 95.9 Å². The predicted octanol–water partition coefficient (Wildman–Crippen LogP) is 4.53. The van der Waals surface area contributed by atoms with Crippen LogP contribution in [-0.2, 0) is 16.0 Å². The van der Waals surface area contributed by atoms with Crippen LogP contribution in [0.3, 0.4) is 0 Å². The van der Waals surface area contributed by atoms with Gasteiger partial charge in [0.05, 0.1) is 27.3 Å². The first kappa shape index (κ1) is 20.4. The van der Waals surface area contributed by atoms with Gasteiger partial charge in [-0.2, -0.15) is 0 Å². The second-order valence-corrected chi connectivity index (χ2v) is 6.80. The standard InChI is InChI=1S/C17H14BrCl2NO5/c1-26-17(25)14-8(16(20)12(23)7-11(14)22)5-6-13(24)21-10-4-2-3-9(19)15(10)18/h2-4,7,22-23H,5-6H2,1H3,(H,21,24). The van der Waals surface area contributed by atoms with Gasteiger partial charge in [-0.25, -0.2) is 4.79 Å². The normalized spacial score (nSPS) is 10.5. The van der Waals surface area contributed by atoms with E-state index in [-0.39, 0.29) is 34.9 Å². The number of carbonyl (C=O) groups is 2. The molecule has 3 N–H and O–H groups in total. The van der Waals surface area contributed by atoms with Crippen molar-refractivity contribution in [3.05, 3.63) is 49.9 Å². The minimum atomic E-state index is -0.822. The van der Waals surface area contributed by atoms with Crippen LogP contribution in [0.2, 0.25) is 10.0 Å². The first-order valence-corrected chi connectivity index (χ1v) is 8.86. The van der Waals surface area contributed by atoms with E-state index in [1.807, 2.05) is 0 Å². The minimum absolute atomic E-state index is 0.00472. The molecule has 0 aliphatic carbocycles. The molecule has 0 bridgehead atoms. The highest BCUT2D eigenvalue weighted by atomic mass is 79.9. The highest BCUT2D eigenvalue weighted by Gasteiger charge is 2.23. The Hall–Kier alpha value is -1.96. The number of methoxy groups -OCH3 is 1. The quantitative estimate of drug-likeness (QED) is 0.567. The highest BCUT2D eigenvalue weighted by molar-refractivity contribution is 9.10. The summed E-state index contributed by atoms with van der Waals surface area (Å²) in [5, 5.41) is 22.7. The second-order valence-electron chi connectivity index (χ2n) is 5.22. The molecule has 0 radical (unpaired) electrons. The summed E-state index contributed by atoms with van der Waals surface area (Å²) in [7, 11) is 1.15. The fourth-order valence-corrected chi connectivity index (χ4v) is 3.08. The molecule has 0 aromatic heterocycles. The largest absolute Gasteiger partial charge is 0.507 e. The number of hydrogen-bond donors (Lipinski definition) is 3. The van der Waals surface area contributed by atoms with Gasteiger partial charge in [0, 0.05) is 12.5 Å². The number of amides is 1. The van der Waals surface area contributed by atoms with Crippen molar-refractivity contribution in [2.45, 2.75) is 12.8 Å². The average Bonchev–Trinajstić information content (AvgIpc) is 2.60. The maximum atomic E-state index is 12.2. The van der Waals surface area contributed by atoms with E-state index < -0.39 is 17.5 Å². The number of rotatable bonds is 5. The van der Waals surface area contributed by atoms with Gasteiger partial charge in [-0.3, -0.25) is 4.79 Å². The molecule has 2 aromatic carbocycles. The third-order valence-corrected chi connectivity index (χ3v) is 5.36. The Morgan fingerprint density at radius 3 is 2.58 bits per heavy atom. The van der Waals surface area contributed by atoms with Gasteiger partial charge in [-0.1, -0.05) is 29.3 Å². The molecular weight excluding hydrogens is 449 g/mol. The van der Waals surface area contributed by atoms with E-state index in [4.69, 9.17) is 23.2 Å². The number of halogens is 3. The number of benzene rings is 2. The maximum absolute atomic E-state index is 12.2.